The second-order valence-corrected chi connectivity index (χ2v) is 8.19. The van der Waals surface area contributed by atoms with Crippen LogP contribution in [0.15, 0.2) is 27.8 Å². The molecule has 0 bridgehead atoms. The van der Waals surface area contributed by atoms with Gasteiger partial charge in [-0.2, -0.15) is 0 Å². The fourth-order valence-electron chi connectivity index (χ4n) is 1.64. The highest BCUT2D eigenvalue weighted by Crippen LogP contribution is 2.23. The van der Waals surface area contributed by atoms with Crippen LogP contribution in [0.3, 0.4) is 0 Å². The Kier molecular flexibility index (Phi) is 5.31. The molecule has 0 spiro atoms. The fraction of sp³-hybridized carbons (Fsp3) is 0.333. The second kappa shape index (κ2) is 6.82. The maximum atomic E-state index is 12.4. The summed E-state index contributed by atoms with van der Waals surface area (Å²) in [6.07, 6.45) is 3.28. The molecule has 0 aromatic carbocycles. The molecule has 0 saturated carbocycles. The maximum absolute atomic E-state index is 12.4. The van der Waals surface area contributed by atoms with Gasteiger partial charge < -0.3 is 5.32 Å². The molecule has 0 atom stereocenters. The molecule has 9 heteroatoms. The molecule has 0 aliphatic heterocycles. The second-order valence-electron chi connectivity index (χ2n) is 4.22. The zero-order valence-electron chi connectivity index (χ0n) is 11.6. The minimum Gasteiger partial charge on any atom is -0.369 e. The van der Waals surface area contributed by atoms with Crippen molar-refractivity contribution in [1.82, 2.24) is 14.7 Å². The smallest absolute Gasteiger partial charge is 0.244 e. The molecular weight excluding hydrogens is 376 g/mol. The third-order valence-corrected chi connectivity index (χ3v) is 5.30. The molecule has 0 radical (unpaired) electrons. The van der Waals surface area contributed by atoms with E-state index in [-0.39, 0.29) is 11.4 Å². The number of anilines is 1. The van der Waals surface area contributed by atoms with E-state index in [1.54, 1.807) is 12.4 Å². The first-order valence-electron chi connectivity index (χ1n) is 6.22. The molecule has 0 fully saturated rings. The molecule has 114 valence electrons. The highest BCUT2D eigenvalue weighted by atomic mass is 79.9. The summed E-state index contributed by atoms with van der Waals surface area (Å²) in [5.74, 6) is 0.337. The van der Waals surface area contributed by atoms with Crippen molar-refractivity contribution in [2.45, 2.75) is 25.3 Å². The van der Waals surface area contributed by atoms with Gasteiger partial charge in [0, 0.05) is 28.3 Å². The quantitative estimate of drug-likeness (QED) is 0.791. The van der Waals surface area contributed by atoms with E-state index in [9.17, 15) is 8.42 Å². The van der Waals surface area contributed by atoms with Crippen molar-refractivity contribution in [3.05, 3.63) is 32.8 Å². The fourth-order valence-corrected chi connectivity index (χ4v) is 4.09. The van der Waals surface area contributed by atoms with Gasteiger partial charge in [0.05, 0.1) is 6.54 Å². The summed E-state index contributed by atoms with van der Waals surface area (Å²) >= 11 is 4.71. The van der Waals surface area contributed by atoms with E-state index in [1.807, 2.05) is 13.8 Å². The minimum atomic E-state index is -3.66. The van der Waals surface area contributed by atoms with E-state index in [0.717, 1.165) is 9.88 Å². The summed E-state index contributed by atoms with van der Waals surface area (Å²) in [5.41, 5.74) is 0. The van der Waals surface area contributed by atoms with Gasteiger partial charge in [-0.3, -0.25) is 0 Å². The predicted octanol–water partition coefficient (Wildman–Crippen LogP) is 2.52. The van der Waals surface area contributed by atoms with E-state index in [2.05, 4.69) is 35.9 Å². The highest BCUT2D eigenvalue weighted by Gasteiger charge is 2.20. The van der Waals surface area contributed by atoms with Crippen LogP contribution in [0.5, 0.6) is 0 Å². The normalized spacial score (nSPS) is 11.6. The van der Waals surface area contributed by atoms with Crippen molar-refractivity contribution < 1.29 is 8.42 Å². The number of thiazole rings is 1. The number of aromatic nitrogens is 2. The third-order valence-electron chi connectivity index (χ3n) is 2.54. The third kappa shape index (κ3) is 4.22. The van der Waals surface area contributed by atoms with E-state index in [1.165, 1.54) is 17.4 Å². The lowest BCUT2D eigenvalue weighted by Gasteiger charge is -2.11. The minimum absolute atomic E-state index is 0.118. The standard InChI is InChI=1S/C12H15BrN4O2S2/c1-3-14-12-10(4-9(13)6-16-12)21(18,19)17-7-11-15-5-8(2)20-11/h4-6,17H,3,7H2,1-2H3,(H,14,16). The zero-order chi connectivity index (χ0) is 15.5. The number of hydrogen-bond acceptors (Lipinski definition) is 6. The van der Waals surface area contributed by atoms with Crippen molar-refractivity contribution in [1.29, 1.82) is 0 Å². The maximum Gasteiger partial charge on any atom is 0.244 e. The molecule has 0 aliphatic rings. The van der Waals surface area contributed by atoms with Crippen LogP contribution in [0.4, 0.5) is 5.82 Å². The highest BCUT2D eigenvalue weighted by molar-refractivity contribution is 9.10. The Morgan fingerprint density at radius 1 is 1.33 bits per heavy atom. The number of nitrogens with one attached hydrogen (secondary N) is 2. The van der Waals surface area contributed by atoms with Crippen molar-refractivity contribution >= 4 is 43.1 Å². The Bertz CT molecular complexity index is 731. The van der Waals surface area contributed by atoms with Crippen LogP contribution in [0, 0.1) is 6.92 Å². The number of sulfonamides is 1. The van der Waals surface area contributed by atoms with Gasteiger partial charge in [-0.15, -0.1) is 11.3 Å². The number of halogens is 1. The summed E-state index contributed by atoms with van der Waals surface area (Å²) < 4.78 is 28.0. The lowest BCUT2D eigenvalue weighted by molar-refractivity contribution is 0.581. The molecule has 6 nitrogen and oxygen atoms in total. The van der Waals surface area contributed by atoms with Crippen LogP contribution in [-0.4, -0.2) is 24.9 Å². The SMILES string of the molecule is CCNc1ncc(Br)cc1S(=O)(=O)NCc1ncc(C)s1. The van der Waals surface area contributed by atoms with Crippen molar-refractivity contribution in [2.75, 3.05) is 11.9 Å². The van der Waals surface area contributed by atoms with Gasteiger partial charge >= 0.3 is 0 Å². The van der Waals surface area contributed by atoms with Crippen LogP contribution in [0.1, 0.15) is 16.8 Å². The molecule has 2 aromatic heterocycles. The van der Waals surface area contributed by atoms with Gasteiger partial charge in [-0.25, -0.2) is 23.1 Å². The van der Waals surface area contributed by atoms with E-state index >= 15 is 0 Å². The summed E-state index contributed by atoms with van der Waals surface area (Å²) in [4.78, 5) is 9.40. The molecular formula is C12H15BrN4O2S2. The first-order valence-corrected chi connectivity index (χ1v) is 9.32. The van der Waals surface area contributed by atoms with Gasteiger partial charge in [0.1, 0.15) is 15.7 Å². The largest absolute Gasteiger partial charge is 0.369 e. The number of hydrogen-bond donors (Lipinski definition) is 2. The van der Waals surface area contributed by atoms with E-state index in [0.29, 0.717) is 16.8 Å². The first kappa shape index (κ1) is 16.3. The topological polar surface area (TPSA) is 84.0 Å². The average molecular weight is 391 g/mol. The van der Waals surface area contributed by atoms with Gasteiger partial charge in [0.15, 0.2) is 0 Å². The lowest BCUT2D eigenvalue weighted by atomic mass is 10.4. The molecule has 0 aliphatic carbocycles. The van der Waals surface area contributed by atoms with Gasteiger partial charge in [0.25, 0.3) is 0 Å². The Morgan fingerprint density at radius 3 is 2.71 bits per heavy atom. The first-order chi connectivity index (χ1) is 9.92. The van der Waals surface area contributed by atoms with E-state index < -0.39 is 10.0 Å². The number of rotatable bonds is 6. The molecule has 2 rings (SSSR count). The molecule has 2 aromatic rings. The van der Waals surface area contributed by atoms with Crippen LogP contribution in [-0.2, 0) is 16.6 Å². The Morgan fingerprint density at radius 2 is 2.10 bits per heavy atom. The lowest BCUT2D eigenvalue weighted by Crippen LogP contribution is -2.24. The van der Waals surface area contributed by atoms with Crippen molar-refractivity contribution in [2.24, 2.45) is 0 Å². The van der Waals surface area contributed by atoms with Crippen molar-refractivity contribution in [3.63, 3.8) is 0 Å². The summed E-state index contributed by atoms with van der Waals surface area (Å²) in [6, 6.07) is 1.53. The predicted molar refractivity (Wildman–Crippen MR) is 87.0 cm³/mol. The Labute approximate surface area is 136 Å². The average Bonchev–Trinajstić information content (AvgIpc) is 2.85. The number of pyridine rings is 1. The van der Waals surface area contributed by atoms with Crippen LogP contribution in [0.25, 0.3) is 0 Å². The van der Waals surface area contributed by atoms with E-state index in [4.69, 9.17) is 0 Å². The summed E-state index contributed by atoms with van der Waals surface area (Å²) in [7, 11) is -3.66. The molecule has 21 heavy (non-hydrogen) atoms. The number of nitrogens with zero attached hydrogens (tertiary/aromatic N) is 2. The molecule has 0 amide bonds. The van der Waals surface area contributed by atoms with Gasteiger partial charge in [-0.05, 0) is 35.8 Å². The Balaban J connectivity index is 2.24. The number of aryl methyl sites for hydroxylation is 1. The monoisotopic (exact) mass is 390 g/mol. The molecule has 2 heterocycles. The molecule has 0 saturated heterocycles. The van der Waals surface area contributed by atoms with Gasteiger partial charge in [-0.1, -0.05) is 0 Å². The Hall–Kier alpha value is -1.03. The van der Waals surface area contributed by atoms with Crippen molar-refractivity contribution in [3.8, 4) is 0 Å². The van der Waals surface area contributed by atoms with Crippen LogP contribution < -0.4 is 10.0 Å². The zero-order valence-corrected chi connectivity index (χ0v) is 14.8. The summed E-state index contributed by atoms with van der Waals surface area (Å²) in [6.45, 7) is 4.56. The molecule has 2 N–H and O–H groups in total. The molecule has 0 unspecified atom stereocenters. The van der Waals surface area contributed by atoms with Gasteiger partial charge in [0.2, 0.25) is 10.0 Å². The van der Waals surface area contributed by atoms with Crippen LogP contribution in [0.2, 0.25) is 0 Å². The van der Waals surface area contributed by atoms with Crippen LogP contribution >= 0.6 is 27.3 Å². The summed E-state index contributed by atoms with van der Waals surface area (Å²) in [5, 5.41) is 3.67.